The zero-order valence-corrected chi connectivity index (χ0v) is 19.8. The van der Waals surface area contributed by atoms with Gasteiger partial charge in [-0.1, -0.05) is 66.2 Å². The standard InChI is InChI=1S/C28H26N4O3/c1-18-14-19(2)26(20(3)15-18)30-25(33)17-32-28(35)24(29-27(34)22-12-8-5-9-13-22)16-23(31-32)21-10-6-4-7-11-21/h4-16H,17H2,1-3H3,(H,29,34)(H,30,33). The van der Waals surface area contributed by atoms with E-state index in [1.54, 1.807) is 30.3 Å². The van der Waals surface area contributed by atoms with Gasteiger partial charge in [0.05, 0.1) is 5.69 Å². The molecule has 0 radical (unpaired) electrons. The molecule has 176 valence electrons. The third-order valence-corrected chi connectivity index (χ3v) is 5.56. The average Bonchev–Trinajstić information content (AvgIpc) is 2.84. The maximum absolute atomic E-state index is 13.2. The number of carbonyl (C=O) groups is 2. The van der Waals surface area contributed by atoms with Crippen molar-refractivity contribution in [3.05, 3.63) is 111 Å². The summed E-state index contributed by atoms with van der Waals surface area (Å²) in [5, 5.41) is 10.00. The molecule has 0 unspecified atom stereocenters. The number of carbonyl (C=O) groups excluding carboxylic acids is 2. The summed E-state index contributed by atoms with van der Waals surface area (Å²) in [6.45, 7) is 5.54. The molecule has 35 heavy (non-hydrogen) atoms. The molecular formula is C28H26N4O3. The van der Waals surface area contributed by atoms with Crippen molar-refractivity contribution in [1.29, 1.82) is 0 Å². The van der Waals surface area contributed by atoms with E-state index in [0.717, 1.165) is 26.9 Å². The van der Waals surface area contributed by atoms with Crippen LogP contribution < -0.4 is 16.2 Å². The minimum Gasteiger partial charge on any atom is -0.324 e. The highest BCUT2D eigenvalue weighted by Gasteiger charge is 2.16. The first-order chi connectivity index (χ1) is 16.8. The van der Waals surface area contributed by atoms with Gasteiger partial charge in [-0.15, -0.1) is 0 Å². The SMILES string of the molecule is Cc1cc(C)c(NC(=O)Cn2nc(-c3ccccc3)cc(NC(=O)c3ccccc3)c2=O)c(C)c1. The number of benzene rings is 3. The van der Waals surface area contributed by atoms with Crippen LogP contribution in [0.3, 0.4) is 0 Å². The third kappa shape index (κ3) is 5.52. The molecule has 3 aromatic carbocycles. The number of nitrogens with one attached hydrogen (secondary N) is 2. The largest absolute Gasteiger partial charge is 0.324 e. The lowest BCUT2D eigenvalue weighted by atomic mass is 10.1. The fraction of sp³-hybridized carbons (Fsp3) is 0.143. The van der Waals surface area contributed by atoms with Crippen molar-refractivity contribution in [3.8, 4) is 11.3 Å². The topological polar surface area (TPSA) is 93.1 Å². The summed E-state index contributed by atoms with van der Waals surface area (Å²) in [4.78, 5) is 38.9. The van der Waals surface area contributed by atoms with Gasteiger partial charge in [0.25, 0.3) is 11.5 Å². The van der Waals surface area contributed by atoms with Crippen molar-refractivity contribution < 1.29 is 9.59 Å². The molecule has 7 heteroatoms. The smallest absolute Gasteiger partial charge is 0.291 e. The van der Waals surface area contributed by atoms with E-state index in [4.69, 9.17) is 0 Å². The van der Waals surface area contributed by atoms with E-state index >= 15 is 0 Å². The van der Waals surface area contributed by atoms with E-state index in [1.165, 1.54) is 6.07 Å². The molecule has 2 N–H and O–H groups in total. The number of amides is 2. The van der Waals surface area contributed by atoms with Crippen LogP contribution in [0.25, 0.3) is 11.3 Å². The fourth-order valence-electron chi connectivity index (χ4n) is 3.96. The summed E-state index contributed by atoms with van der Waals surface area (Å²) in [5.41, 5.74) is 4.79. The molecule has 7 nitrogen and oxygen atoms in total. The molecule has 1 heterocycles. The predicted molar refractivity (Wildman–Crippen MR) is 138 cm³/mol. The van der Waals surface area contributed by atoms with E-state index in [2.05, 4.69) is 15.7 Å². The van der Waals surface area contributed by atoms with Gasteiger partial charge in [-0.3, -0.25) is 14.4 Å². The van der Waals surface area contributed by atoms with Crippen LogP contribution in [0.4, 0.5) is 11.4 Å². The van der Waals surface area contributed by atoms with E-state index < -0.39 is 11.5 Å². The molecule has 0 bridgehead atoms. The van der Waals surface area contributed by atoms with Crippen LogP contribution in [0.1, 0.15) is 27.0 Å². The van der Waals surface area contributed by atoms with Gasteiger partial charge in [0.1, 0.15) is 12.2 Å². The van der Waals surface area contributed by atoms with E-state index in [-0.39, 0.29) is 18.1 Å². The zero-order chi connectivity index (χ0) is 24.9. The van der Waals surface area contributed by atoms with Crippen molar-refractivity contribution in [2.45, 2.75) is 27.3 Å². The fourth-order valence-corrected chi connectivity index (χ4v) is 3.96. The molecule has 1 aromatic heterocycles. The van der Waals surface area contributed by atoms with Gasteiger partial charge in [0.2, 0.25) is 5.91 Å². The molecule has 0 fully saturated rings. The summed E-state index contributed by atoms with van der Waals surface area (Å²) in [7, 11) is 0. The second kappa shape index (κ2) is 10.2. The van der Waals surface area contributed by atoms with Gasteiger partial charge >= 0.3 is 0 Å². The molecule has 0 atom stereocenters. The van der Waals surface area contributed by atoms with Gasteiger partial charge in [0, 0.05) is 16.8 Å². The summed E-state index contributed by atoms with van der Waals surface area (Å²) < 4.78 is 1.08. The molecular weight excluding hydrogens is 440 g/mol. The van der Waals surface area contributed by atoms with E-state index in [1.807, 2.05) is 63.2 Å². The summed E-state index contributed by atoms with van der Waals surface area (Å²) in [6.07, 6.45) is 0. The highest BCUT2D eigenvalue weighted by Crippen LogP contribution is 2.22. The van der Waals surface area contributed by atoms with Crippen LogP contribution in [0, 0.1) is 20.8 Å². The molecule has 0 aliphatic rings. The monoisotopic (exact) mass is 466 g/mol. The first-order valence-electron chi connectivity index (χ1n) is 11.2. The molecule has 0 saturated carbocycles. The van der Waals surface area contributed by atoms with Crippen molar-refractivity contribution >= 4 is 23.2 Å². The maximum Gasteiger partial charge on any atom is 0.291 e. The lowest BCUT2D eigenvalue weighted by molar-refractivity contribution is -0.117. The zero-order valence-electron chi connectivity index (χ0n) is 19.8. The number of hydrogen-bond acceptors (Lipinski definition) is 4. The molecule has 4 aromatic rings. The summed E-state index contributed by atoms with van der Waals surface area (Å²) in [5.74, 6) is -0.810. The molecule has 0 aliphatic carbocycles. The Bertz CT molecular complexity index is 1420. The molecule has 4 rings (SSSR count). The third-order valence-electron chi connectivity index (χ3n) is 5.56. The highest BCUT2D eigenvalue weighted by atomic mass is 16.2. The molecule has 0 aliphatic heterocycles. The number of aromatic nitrogens is 2. The first-order valence-corrected chi connectivity index (χ1v) is 11.2. The van der Waals surface area contributed by atoms with Gasteiger partial charge < -0.3 is 10.6 Å². The Balaban J connectivity index is 1.68. The molecule has 0 spiro atoms. The lowest BCUT2D eigenvalue weighted by Crippen LogP contribution is -2.32. The van der Waals surface area contributed by atoms with E-state index in [0.29, 0.717) is 16.9 Å². The Kier molecular flexibility index (Phi) is 6.87. The van der Waals surface area contributed by atoms with Crippen LogP contribution in [0.15, 0.2) is 83.7 Å². The minimum atomic E-state index is -0.568. The predicted octanol–water partition coefficient (Wildman–Crippen LogP) is 4.73. The van der Waals surface area contributed by atoms with Gasteiger partial charge in [0.15, 0.2) is 0 Å². The van der Waals surface area contributed by atoms with Crippen molar-refractivity contribution in [2.24, 2.45) is 0 Å². The Labute approximate surface area is 203 Å². The Morgan fingerprint density at radius 1 is 0.829 bits per heavy atom. The second-order valence-corrected chi connectivity index (χ2v) is 8.41. The average molecular weight is 467 g/mol. The van der Waals surface area contributed by atoms with Crippen molar-refractivity contribution in [3.63, 3.8) is 0 Å². The second-order valence-electron chi connectivity index (χ2n) is 8.41. The van der Waals surface area contributed by atoms with Gasteiger partial charge in [-0.25, -0.2) is 4.68 Å². The van der Waals surface area contributed by atoms with Gasteiger partial charge in [-0.05, 0) is 50.1 Å². The molecule has 0 saturated heterocycles. The summed E-state index contributed by atoms with van der Waals surface area (Å²) in [6, 6.07) is 23.4. The highest BCUT2D eigenvalue weighted by molar-refractivity contribution is 6.04. The van der Waals surface area contributed by atoms with Crippen molar-refractivity contribution in [1.82, 2.24) is 9.78 Å². The van der Waals surface area contributed by atoms with Gasteiger partial charge in [-0.2, -0.15) is 5.10 Å². The maximum atomic E-state index is 13.2. The number of hydrogen-bond donors (Lipinski definition) is 2. The lowest BCUT2D eigenvalue weighted by Gasteiger charge is -2.14. The quantitative estimate of drug-likeness (QED) is 0.430. The normalized spacial score (nSPS) is 10.6. The van der Waals surface area contributed by atoms with E-state index in [9.17, 15) is 14.4 Å². The number of aryl methyl sites for hydroxylation is 3. The van der Waals surface area contributed by atoms with Crippen LogP contribution in [-0.4, -0.2) is 21.6 Å². The number of nitrogens with zero attached hydrogens (tertiary/aromatic N) is 2. The molecule has 2 amide bonds. The van der Waals surface area contributed by atoms with Crippen LogP contribution in [-0.2, 0) is 11.3 Å². The minimum absolute atomic E-state index is 0.0446. The Morgan fingerprint density at radius 3 is 2.06 bits per heavy atom. The van der Waals surface area contributed by atoms with Crippen molar-refractivity contribution in [2.75, 3.05) is 10.6 Å². The number of anilines is 2. The van der Waals surface area contributed by atoms with Crippen LogP contribution in [0.2, 0.25) is 0 Å². The first kappa shape index (κ1) is 23.6. The summed E-state index contributed by atoms with van der Waals surface area (Å²) >= 11 is 0. The Hall–Kier alpha value is -4.52. The van der Waals surface area contributed by atoms with Crippen LogP contribution in [0.5, 0.6) is 0 Å². The number of rotatable bonds is 6. The Morgan fingerprint density at radius 2 is 1.43 bits per heavy atom. The van der Waals surface area contributed by atoms with Crippen LogP contribution >= 0.6 is 0 Å².